The molecule has 2 aromatic rings. The van der Waals surface area contributed by atoms with E-state index >= 15 is 0 Å². The Labute approximate surface area is 340 Å². The fraction of sp³-hybridized carbons (Fsp3) is 0.477. The van der Waals surface area contributed by atoms with Gasteiger partial charge >= 0.3 is 35.8 Å². The second-order valence-electron chi connectivity index (χ2n) is 16.0. The van der Waals surface area contributed by atoms with Gasteiger partial charge in [-0.25, -0.2) is 9.59 Å². The minimum Gasteiger partial charge on any atom is -0.462 e. The third-order valence-corrected chi connectivity index (χ3v) is 12.5. The second-order valence-corrected chi connectivity index (χ2v) is 16.0. The van der Waals surface area contributed by atoms with E-state index in [1.165, 1.54) is 31.2 Å². The first-order valence-corrected chi connectivity index (χ1v) is 19.2. The molecule has 6 rings (SSSR count). The van der Waals surface area contributed by atoms with Crippen LogP contribution in [0.5, 0.6) is 0 Å². The standard InChI is InChI=1S/C44H48O15/c1-24-32(59-35(50)19-18-29-14-10-8-11-15-29)21-34(55-25(2)45)43(23-53-40(51)30-16-12-9-13-17-30)36(24)37(56-26(3)46)31-20-33(49)42(7)44(52,41(31,6)22-54-42)39(58-28(5)48)38(43)57-27(4)47/h8-19,31-32,34,36-39,52H,1,20-23H2,2-7H3/b19-18+/t31-,32-,34-,36-,37+,38-,39-,41?,42+,43+,44-/m0/s1. The number of Topliss-reactive ketones (excluding diaryl/α,β-unsaturated/α-hetero) is 1. The normalized spacial score (nSPS) is 34.7. The van der Waals surface area contributed by atoms with Gasteiger partial charge in [0.25, 0.3) is 0 Å². The number of hydrogen-bond acceptors (Lipinski definition) is 15. The Bertz CT molecular complexity index is 2060. The Morgan fingerprint density at radius 1 is 0.814 bits per heavy atom. The Hall–Kier alpha value is -5.67. The van der Waals surface area contributed by atoms with Crippen molar-refractivity contribution in [1.29, 1.82) is 0 Å². The average molecular weight is 817 g/mol. The topological polar surface area (TPSA) is 204 Å². The van der Waals surface area contributed by atoms with Gasteiger partial charge in [0.2, 0.25) is 0 Å². The lowest BCUT2D eigenvalue weighted by Crippen LogP contribution is -2.81. The van der Waals surface area contributed by atoms with Crippen LogP contribution in [0.1, 0.15) is 70.3 Å². The molecule has 0 aromatic heterocycles. The first-order valence-electron chi connectivity index (χ1n) is 19.2. The number of fused-ring (bicyclic) bond motifs is 1. The number of hydrogen-bond donors (Lipinski definition) is 1. The van der Waals surface area contributed by atoms with Gasteiger partial charge in [0, 0.05) is 63.9 Å². The average Bonchev–Trinajstić information content (AvgIpc) is 3.32. The van der Waals surface area contributed by atoms with Crippen molar-refractivity contribution < 1.29 is 71.8 Å². The summed E-state index contributed by atoms with van der Waals surface area (Å²) in [6.45, 7) is 10.4. The molecule has 1 saturated heterocycles. The van der Waals surface area contributed by atoms with Crippen LogP contribution in [0.4, 0.5) is 0 Å². The van der Waals surface area contributed by atoms with Crippen LogP contribution >= 0.6 is 0 Å². The van der Waals surface area contributed by atoms with Crippen LogP contribution < -0.4 is 0 Å². The maximum atomic E-state index is 14.4. The number of rotatable bonds is 10. The predicted octanol–water partition coefficient (Wildman–Crippen LogP) is 3.89. The molecule has 2 aromatic carbocycles. The zero-order valence-corrected chi connectivity index (χ0v) is 33.7. The van der Waals surface area contributed by atoms with Crippen molar-refractivity contribution in [3.05, 3.63) is 90.0 Å². The lowest BCUT2D eigenvalue weighted by atomic mass is 9.43. The van der Waals surface area contributed by atoms with E-state index in [9.17, 15) is 38.7 Å². The number of benzene rings is 2. The van der Waals surface area contributed by atoms with Crippen molar-refractivity contribution in [1.82, 2.24) is 0 Å². The zero-order chi connectivity index (χ0) is 43.1. The lowest BCUT2D eigenvalue weighted by molar-refractivity contribution is -0.302. The molecule has 59 heavy (non-hydrogen) atoms. The largest absolute Gasteiger partial charge is 0.462 e. The lowest BCUT2D eigenvalue weighted by Gasteiger charge is -2.65. The highest BCUT2D eigenvalue weighted by Gasteiger charge is 2.83. The van der Waals surface area contributed by atoms with E-state index in [0.29, 0.717) is 5.56 Å². The molecule has 3 aliphatic carbocycles. The summed E-state index contributed by atoms with van der Waals surface area (Å²) in [6, 6.07) is 16.8. The van der Waals surface area contributed by atoms with Gasteiger partial charge in [0.05, 0.1) is 17.6 Å². The molecule has 15 nitrogen and oxygen atoms in total. The van der Waals surface area contributed by atoms with E-state index in [1.807, 2.05) is 6.07 Å². The van der Waals surface area contributed by atoms with Crippen molar-refractivity contribution in [2.75, 3.05) is 13.2 Å². The number of esters is 6. The maximum Gasteiger partial charge on any atom is 0.338 e. The summed E-state index contributed by atoms with van der Waals surface area (Å²) in [7, 11) is 0. The summed E-state index contributed by atoms with van der Waals surface area (Å²) in [6.07, 6.45) is -6.44. The third kappa shape index (κ3) is 7.35. The maximum absolute atomic E-state index is 14.4. The van der Waals surface area contributed by atoms with Crippen molar-refractivity contribution in [2.45, 2.75) is 96.1 Å². The molecule has 0 radical (unpaired) electrons. The molecule has 1 N–H and O–H groups in total. The Balaban J connectivity index is 1.65. The first-order chi connectivity index (χ1) is 27.8. The molecular formula is C44H48O15. The Morgan fingerprint density at radius 3 is 1.98 bits per heavy atom. The van der Waals surface area contributed by atoms with Crippen LogP contribution in [0.25, 0.3) is 6.08 Å². The fourth-order valence-electron chi connectivity index (χ4n) is 9.88. The minimum absolute atomic E-state index is 0.0318. The van der Waals surface area contributed by atoms with Crippen LogP contribution in [-0.2, 0) is 61.9 Å². The number of carbonyl (C=O) groups is 7. The number of ketones is 1. The van der Waals surface area contributed by atoms with Crippen molar-refractivity contribution in [3.8, 4) is 0 Å². The van der Waals surface area contributed by atoms with Gasteiger partial charge in [-0.15, -0.1) is 0 Å². The second kappa shape index (κ2) is 16.2. The van der Waals surface area contributed by atoms with Crippen LogP contribution in [0.2, 0.25) is 0 Å². The molecule has 15 heteroatoms. The van der Waals surface area contributed by atoms with Crippen molar-refractivity contribution >= 4 is 47.7 Å². The van der Waals surface area contributed by atoms with Crippen LogP contribution in [0, 0.1) is 22.7 Å². The quantitative estimate of drug-likeness (QED) is 0.156. The minimum atomic E-state index is -2.54. The van der Waals surface area contributed by atoms with Crippen molar-refractivity contribution in [3.63, 3.8) is 0 Å². The SMILES string of the molecule is C=C1[C@@H](OC(=O)/C=C/c2ccccc2)C[C@H](OC(C)=O)[C@@]2(COC(=O)c3ccccc3)[C@@H](OC(C)=O)[C@H](OC(C)=O)[C@]3(O)C4(C)CO[C@]3(C)C(=O)C[C@H]4[C@@H](OC(C)=O)[C@H]12. The third-order valence-electron chi connectivity index (χ3n) is 12.5. The van der Waals surface area contributed by atoms with E-state index in [-0.39, 0.29) is 24.2 Å². The van der Waals surface area contributed by atoms with Gasteiger partial charge in [-0.2, -0.15) is 0 Å². The van der Waals surface area contributed by atoms with E-state index in [1.54, 1.807) is 49.4 Å². The summed E-state index contributed by atoms with van der Waals surface area (Å²) in [5.74, 6) is -8.70. The van der Waals surface area contributed by atoms with E-state index in [2.05, 4.69) is 6.58 Å². The van der Waals surface area contributed by atoms with Gasteiger partial charge in [-0.1, -0.05) is 62.0 Å². The molecule has 4 fully saturated rings. The van der Waals surface area contributed by atoms with Gasteiger partial charge < -0.3 is 38.3 Å². The number of ether oxygens (including phenoxy) is 7. The summed E-state index contributed by atoms with van der Waals surface area (Å²) < 4.78 is 42.7. The Kier molecular flexibility index (Phi) is 11.8. The van der Waals surface area contributed by atoms with Crippen LogP contribution in [0.3, 0.4) is 0 Å². The molecule has 1 heterocycles. The monoisotopic (exact) mass is 816 g/mol. The smallest absolute Gasteiger partial charge is 0.338 e. The van der Waals surface area contributed by atoms with Gasteiger partial charge in [0.1, 0.15) is 30.5 Å². The Morgan fingerprint density at radius 2 is 1.39 bits per heavy atom. The molecule has 314 valence electrons. The zero-order valence-electron chi connectivity index (χ0n) is 33.7. The van der Waals surface area contributed by atoms with Gasteiger partial charge in [-0.05, 0) is 36.3 Å². The summed E-state index contributed by atoms with van der Waals surface area (Å²) in [4.78, 5) is 95.0. The number of aliphatic hydroxyl groups is 1. The molecule has 1 aliphatic heterocycles. The first kappa shape index (κ1) is 42.9. The predicted molar refractivity (Wildman–Crippen MR) is 205 cm³/mol. The molecule has 11 atom stereocenters. The number of carbonyl (C=O) groups excluding carboxylic acids is 7. The van der Waals surface area contributed by atoms with Crippen molar-refractivity contribution in [2.24, 2.45) is 22.7 Å². The molecule has 4 aliphatic rings. The highest BCUT2D eigenvalue weighted by Crippen LogP contribution is 2.67. The van der Waals surface area contributed by atoms with Crippen LogP contribution in [-0.4, -0.2) is 102 Å². The van der Waals surface area contributed by atoms with E-state index in [4.69, 9.17) is 33.2 Å². The molecule has 0 spiro atoms. The molecule has 0 amide bonds. The highest BCUT2D eigenvalue weighted by molar-refractivity contribution is 5.92. The molecule has 1 unspecified atom stereocenters. The summed E-state index contributed by atoms with van der Waals surface area (Å²) in [5, 5.41) is 13.4. The molecule has 3 saturated carbocycles. The highest BCUT2D eigenvalue weighted by atomic mass is 16.6. The summed E-state index contributed by atoms with van der Waals surface area (Å²) >= 11 is 0. The van der Waals surface area contributed by atoms with Crippen LogP contribution in [0.15, 0.2) is 78.9 Å². The molecular weight excluding hydrogens is 768 g/mol. The fourth-order valence-corrected chi connectivity index (χ4v) is 9.88. The van der Waals surface area contributed by atoms with Gasteiger partial charge in [0.15, 0.2) is 23.6 Å². The van der Waals surface area contributed by atoms with E-state index in [0.717, 1.165) is 27.7 Å². The summed E-state index contributed by atoms with van der Waals surface area (Å²) in [5.41, 5.74) is -7.59. The van der Waals surface area contributed by atoms with E-state index < -0.39 is 119 Å². The van der Waals surface area contributed by atoms with Gasteiger partial charge in [-0.3, -0.25) is 24.0 Å². The molecule has 4 bridgehead atoms.